The first-order chi connectivity index (χ1) is 12.0. The molecule has 0 N–H and O–H groups in total. The highest BCUT2D eigenvalue weighted by Crippen LogP contribution is 2.27. The van der Waals surface area contributed by atoms with Gasteiger partial charge in [-0.25, -0.2) is 4.79 Å². The number of benzene rings is 1. The summed E-state index contributed by atoms with van der Waals surface area (Å²) in [5, 5.41) is 18.4. The Balaban J connectivity index is 1.83. The van der Waals surface area contributed by atoms with Gasteiger partial charge in [0.25, 0.3) is 11.6 Å². The zero-order chi connectivity index (χ0) is 17.8. The fourth-order valence-electron chi connectivity index (χ4n) is 2.48. The van der Waals surface area contributed by atoms with E-state index in [1.165, 1.54) is 12.1 Å². The number of esters is 1. The van der Waals surface area contributed by atoms with Crippen molar-refractivity contribution < 1.29 is 23.6 Å². The lowest BCUT2D eigenvalue weighted by atomic mass is 10.1. The van der Waals surface area contributed by atoms with Crippen LogP contribution in [-0.4, -0.2) is 47.4 Å². The van der Waals surface area contributed by atoms with Gasteiger partial charge in [-0.3, -0.25) is 10.1 Å². The Morgan fingerprint density at radius 1 is 1.36 bits per heavy atom. The van der Waals surface area contributed by atoms with Crippen LogP contribution in [0.25, 0.3) is 0 Å². The summed E-state index contributed by atoms with van der Waals surface area (Å²) in [4.78, 5) is 24.9. The van der Waals surface area contributed by atoms with Crippen LogP contribution >= 0.6 is 0 Å². The minimum absolute atomic E-state index is 0.118. The average Bonchev–Trinajstić information content (AvgIpc) is 3.05. The number of hydrogen-bond acceptors (Lipinski definition) is 9. The topological polar surface area (TPSA) is 121 Å². The van der Waals surface area contributed by atoms with Crippen molar-refractivity contribution in [1.82, 2.24) is 10.2 Å². The SMILES string of the molecule is Cc1nnc(COC(=O)c2cc([N+](=O)[O-])ccc2N2CCOCC2)o1. The lowest BCUT2D eigenvalue weighted by Gasteiger charge is -2.30. The number of anilines is 1. The summed E-state index contributed by atoms with van der Waals surface area (Å²) in [6.45, 7) is 3.63. The smallest absolute Gasteiger partial charge is 0.341 e. The molecule has 2 heterocycles. The van der Waals surface area contributed by atoms with Gasteiger partial charge in [0.1, 0.15) is 0 Å². The molecule has 132 valence electrons. The van der Waals surface area contributed by atoms with Crippen molar-refractivity contribution in [3.63, 3.8) is 0 Å². The lowest BCUT2D eigenvalue weighted by Crippen LogP contribution is -2.37. The van der Waals surface area contributed by atoms with Crippen molar-refractivity contribution in [2.45, 2.75) is 13.5 Å². The predicted octanol–water partition coefficient (Wildman–Crippen LogP) is 1.48. The first kappa shape index (κ1) is 16.8. The quantitative estimate of drug-likeness (QED) is 0.449. The van der Waals surface area contributed by atoms with E-state index in [9.17, 15) is 14.9 Å². The Bertz CT molecular complexity index is 784. The van der Waals surface area contributed by atoms with Gasteiger partial charge in [0.15, 0.2) is 6.61 Å². The number of morpholine rings is 1. The number of nitro benzene ring substituents is 1. The maximum absolute atomic E-state index is 12.5. The Hall–Kier alpha value is -3.01. The number of carbonyl (C=O) groups is 1. The highest BCUT2D eigenvalue weighted by molar-refractivity contribution is 5.96. The molecule has 1 aromatic heterocycles. The highest BCUT2D eigenvalue weighted by atomic mass is 16.6. The largest absolute Gasteiger partial charge is 0.452 e. The third-order valence-electron chi connectivity index (χ3n) is 3.66. The van der Waals surface area contributed by atoms with Gasteiger partial charge in [-0.15, -0.1) is 10.2 Å². The van der Waals surface area contributed by atoms with Crippen molar-refractivity contribution in [3.8, 4) is 0 Å². The molecule has 1 fully saturated rings. The minimum Gasteiger partial charge on any atom is -0.452 e. The van der Waals surface area contributed by atoms with Gasteiger partial charge < -0.3 is 18.8 Å². The fraction of sp³-hybridized carbons (Fsp3) is 0.400. The van der Waals surface area contributed by atoms with Crippen LogP contribution in [0, 0.1) is 17.0 Å². The molecule has 0 bridgehead atoms. The molecule has 25 heavy (non-hydrogen) atoms. The molecule has 0 saturated carbocycles. The van der Waals surface area contributed by atoms with Crippen molar-refractivity contribution in [1.29, 1.82) is 0 Å². The van der Waals surface area contributed by atoms with Gasteiger partial charge in [0.05, 0.1) is 29.4 Å². The van der Waals surface area contributed by atoms with Crippen LogP contribution in [-0.2, 0) is 16.1 Å². The first-order valence-electron chi connectivity index (χ1n) is 7.62. The number of rotatable bonds is 5. The number of nitrogens with zero attached hydrogens (tertiary/aromatic N) is 4. The summed E-state index contributed by atoms with van der Waals surface area (Å²) in [6, 6.07) is 4.13. The number of nitro groups is 1. The van der Waals surface area contributed by atoms with E-state index in [1.807, 2.05) is 4.90 Å². The van der Waals surface area contributed by atoms with Gasteiger partial charge in [-0.1, -0.05) is 0 Å². The number of aromatic nitrogens is 2. The van der Waals surface area contributed by atoms with Gasteiger partial charge in [0, 0.05) is 32.1 Å². The second kappa shape index (κ2) is 7.26. The molecule has 1 aliphatic rings. The second-order valence-corrected chi connectivity index (χ2v) is 5.35. The summed E-state index contributed by atoms with van der Waals surface area (Å²) >= 11 is 0. The standard InChI is InChI=1S/C15H16N4O6/c1-10-16-17-14(25-10)9-24-15(20)12-8-11(19(21)22)2-3-13(12)18-4-6-23-7-5-18/h2-3,8H,4-7,9H2,1H3. The summed E-state index contributed by atoms with van der Waals surface area (Å²) in [5.74, 6) is -0.180. The predicted molar refractivity (Wildman–Crippen MR) is 84.3 cm³/mol. The fourth-order valence-corrected chi connectivity index (χ4v) is 2.48. The maximum atomic E-state index is 12.5. The van der Waals surface area contributed by atoms with E-state index in [0.717, 1.165) is 0 Å². The molecular formula is C15H16N4O6. The zero-order valence-corrected chi connectivity index (χ0v) is 13.5. The zero-order valence-electron chi connectivity index (χ0n) is 13.5. The van der Waals surface area contributed by atoms with Crippen molar-refractivity contribution in [2.24, 2.45) is 0 Å². The van der Waals surface area contributed by atoms with Crippen LogP contribution in [0.5, 0.6) is 0 Å². The molecule has 1 aliphatic heterocycles. The molecule has 1 aromatic carbocycles. The van der Waals surface area contributed by atoms with Crippen LogP contribution in [0.15, 0.2) is 22.6 Å². The average molecular weight is 348 g/mol. The van der Waals surface area contributed by atoms with Gasteiger partial charge in [-0.2, -0.15) is 0 Å². The third kappa shape index (κ3) is 3.91. The second-order valence-electron chi connectivity index (χ2n) is 5.35. The molecule has 0 radical (unpaired) electrons. The molecule has 1 saturated heterocycles. The molecule has 0 amide bonds. The normalized spacial score (nSPS) is 14.4. The summed E-state index contributed by atoms with van der Waals surface area (Å²) < 4.78 is 15.6. The van der Waals surface area contributed by atoms with E-state index in [1.54, 1.807) is 13.0 Å². The number of hydrogen-bond donors (Lipinski definition) is 0. The maximum Gasteiger partial charge on any atom is 0.341 e. The van der Waals surface area contributed by atoms with E-state index in [0.29, 0.717) is 37.9 Å². The van der Waals surface area contributed by atoms with Crippen LogP contribution in [0.1, 0.15) is 22.1 Å². The molecule has 3 rings (SSSR count). The molecule has 10 heteroatoms. The summed E-state index contributed by atoms with van der Waals surface area (Å²) in [6.07, 6.45) is 0. The first-order valence-corrected chi connectivity index (χ1v) is 7.62. The molecule has 0 atom stereocenters. The van der Waals surface area contributed by atoms with Crippen molar-refractivity contribution in [3.05, 3.63) is 45.7 Å². The third-order valence-corrected chi connectivity index (χ3v) is 3.66. The van der Waals surface area contributed by atoms with Crippen molar-refractivity contribution in [2.75, 3.05) is 31.2 Å². The Morgan fingerprint density at radius 2 is 2.12 bits per heavy atom. The molecule has 2 aromatic rings. The number of non-ortho nitro benzene ring substituents is 1. The van der Waals surface area contributed by atoms with E-state index in [2.05, 4.69) is 10.2 Å². The van der Waals surface area contributed by atoms with E-state index in [-0.39, 0.29) is 23.7 Å². The van der Waals surface area contributed by atoms with Crippen LogP contribution < -0.4 is 4.90 Å². The van der Waals surface area contributed by atoms with Gasteiger partial charge in [-0.05, 0) is 6.07 Å². The van der Waals surface area contributed by atoms with Crippen LogP contribution in [0.2, 0.25) is 0 Å². The molecule has 0 aliphatic carbocycles. The van der Waals surface area contributed by atoms with E-state index < -0.39 is 10.9 Å². The molecular weight excluding hydrogens is 332 g/mol. The molecule has 0 unspecified atom stereocenters. The number of aryl methyl sites for hydroxylation is 1. The Labute approximate surface area is 142 Å². The Kier molecular flexibility index (Phi) is 4.89. The summed E-state index contributed by atoms with van der Waals surface area (Å²) in [5.41, 5.74) is 0.505. The molecule has 0 spiro atoms. The van der Waals surface area contributed by atoms with Crippen LogP contribution in [0.3, 0.4) is 0 Å². The van der Waals surface area contributed by atoms with Gasteiger partial charge >= 0.3 is 5.97 Å². The molecule has 10 nitrogen and oxygen atoms in total. The van der Waals surface area contributed by atoms with E-state index in [4.69, 9.17) is 13.9 Å². The van der Waals surface area contributed by atoms with E-state index >= 15 is 0 Å². The lowest BCUT2D eigenvalue weighted by molar-refractivity contribution is -0.384. The number of carbonyl (C=O) groups excluding carboxylic acids is 1. The van der Waals surface area contributed by atoms with Crippen LogP contribution in [0.4, 0.5) is 11.4 Å². The summed E-state index contributed by atoms with van der Waals surface area (Å²) in [7, 11) is 0. The Morgan fingerprint density at radius 3 is 2.76 bits per heavy atom. The highest BCUT2D eigenvalue weighted by Gasteiger charge is 2.23. The van der Waals surface area contributed by atoms with Gasteiger partial charge in [0.2, 0.25) is 5.89 Å². The number of ether oxygens (including phenoxy) is 2. The van der Waals surface area contributed by atoms with Crippen molar-refractivity contribution >= 4 is 17.3 Å². The monoisotopic (exact) mass is 348 g/mol. The minimum atomic E-state index is -0.693.